The van der Waals surface area contributed by atoms with Crippen molar-refractivity contribution in [1.82, 2.24) is 4.90 Å². The number of ether oxygens (including phenoxy) is 1. The first-order valence-corrected chi connectivity index (χ1v) is 5.78. The van der Waals surface area contributed by atoms with E-state index in [0.29, 0.717) is 5.75 Å². The fraction of sp³-hybridized carbons (Fsp3) is 0.286. The van der Waals surface area contributed by atoms with Gasteiger partial charge in [0, 0.05) is 18.7 Å². The van der Waals surface area contributed by atoms with E-state index in [9.17, 15) is 9.59 Å². The highest BCUT2D eigenvalue weighted by Gasteiger charge is 2.19. The zero-order chi connectivity index (χ0) is 14.4. The van der Waals surface area contributed by atoms with Crippen molar-refractivity contribution in [3.05, 3.63) is 35.9 Å². The van der Waals surface area contributed by atoms with Crippen LogP contribution in [0.4, 0.5) is 0 Å². The Morgan fingerprint density at radius 3 is 2.58 bits per heavy atom. The van der Waals surface area contributed by atoms with E-state index in [0.717, 1.165) is 10.5 Å². The van der Waals surface area contributed by atoms with Gasteiger partial charge in [0.25, 0.3) is 0 Å². The minimum atomic E-state index is -1.04. The summed E-state index contributed by atoms with van der Waals surface area (Å²) in [5.74, 6) is -0.761. The van der Waals surface area contributed by atoms with Crippen LogP contribution in [0.3, 0.4) is 0 Å². The van der Waals surface area contributed by atoms with Crippen LogP contribution in [0, 0.1) is 0 Å². The van der Waals surface area contributed by atoms with Crippen molar-refractivity contribution in [3.8, 4) is 5.75 Å². The summed E-state index contributed by atoms with van der Waals surface area (Å²) in [7, 11) is 3.00. The van der Waals surface area contributed by atoms with Crippen LogP contribution in [0.2, 0.25) is 0 Å². The van der Waals surface area contributed by atoms with Crippen LogP contribution in [-0.4, -0.2) is 42.1 Å². The van der Waals surface area contributed by atoms with Gasteiger partial charge >= 0.3 is 5.97 Å². The number of hydrogen-bond donors (Lipinski definition) is 1. The Labute approximate surface area is 112 Å². The van der Waals surface area contributed by atoms with E-state index in [2.05, 4.69) is 0 Å². The highest BCUT2D eigenvalue weighted by Crippen LogP contribution is 2.18. The molecule has 1 atom stereocenters. The molecule has 0 aliphatic heterocycles. The largest absolute Gasteiger partial charge is 0.496 e. The molecule has 0 radical (unpaired) electrons. The second-order valence-electron chi connectivity index (χ2n) is 4.04. The van der Waals surface area contributed by atoms with Crippen molar-refractivity contribution in [3.63, 3.8) is 0 Å². The number of benzene rings is 1. The van der Waals surface area contributed by atoms with Crippen LogP contribution < -0.4 is 4.74 Å². The number of nitrogens with zero attached hydrogens (tertiary/aromatic N) is 1. The summed E-state index contributed by atoms with van der Waals surface area (Å²) in [5, 5.41) is 8.83. The minimum absolute atomic E-state index is 0.374. The summed E-state index contributed by atoms with van der Waals surface area (Å²) in [6.07, 6.45) is 2.93. The predicted octanol–water partition coefficient (Wildman–Crippen LogP) is 1.64. The lowest BCUT2D eigenvalue weighted by molar-refractivity contribution is -0.146. The van der Waals surface area contributed by atoms with Crippen molar-refractivity contribution >= 4 is 18.0 Å². The number of carbonyl (C=O) groups is 2. The van der Waals surface area contributed by atoms with E-state index in [1.54, 1.807) is 19.3 Å². The van der Waals surface area contributed by atoms with Gasteiger partial charge in [0.1, 0.15) is 11.8 Å². The van der Waals surface area contributed by atoms with Crippen LogP contribution in [0.1, 0.15) is 12.5 Å². The summed E-state index contributed by atoms with van der Waals surface area (Å²) in [5.41, 5.74) is 0.759. The summed E-state index contributed by atoms with van der Waals surface area (Å²) >= 11 is 0. The van der Waals surface area contributed by atoms with Gasteiger partial charge in [-0.05, 0) is 19.1 Å². The zero-order valence-corrected chi connectivity index (χ0v) is 11.2. The second-order valence-corrected chi connectivity index (χ2v) is 4.04. The van der Waals surface area contributed by atoms with E-state index >= 15 is 0 Å². The minimum Gasteiger partial charge on any atom is -0.496 e. The zero-order valence-electron chi connectivity index (χ0n) is 11.2. The van der Waals surface area contributed by atoms with Gasteiger partial charge in [-0.2, -0.15) is 0 Å². The van der Waals surface area contributed by atoms with Crippen molar-refractivity contribution < 1.29 is 19.4 Å². The van der Waals surface area contributed by atoms with Gasteiger partial charge in [-0.25, -0.2) is 4.79 Å². The molecule has 5 heteroatoms. The highest BCUT2D eigenvalue weighted by molar-refractivity contribution is 5.94. The Morgan fingerprint density at radius 1 is 1.37 bits per heavy atom. The Hall–Kier alpha value is -2.30. The molecule has 0 fully saturated rings. The summed E-state index contributed by atoms with van der Waals surface area (Å²) < 4.78 is 5.15. The number of methoxy groups -OCH3 is 1. The van der Waals surface area contributed by atoms with Gasteiger partial charge in [0.15, 0.2) is 0 Å². The van der Waals surface area contributed by atoms with Gasteiger partial charge in [0.2, 0.25) is 5.91 Å². The quantitative estimate of drug-likeness (QED) is 0.820. The normalized spacial score (nSPS) is 12.2. The van der Waals surface area contributed by atoms with Crippen LogP contribution in [-0.2, 0) is 9.59 Å². The first kappa shape index (κ1) is 14.8. The Morgan fingerprint density at radius 2 is 2.00 bits per heavy atom. The SMILES string of the molecule is COc1ccccc1C=CC(=O)N(C)C(C)C(=O)O. The first-order valence-electron chi connectivity index (χ1n) is 5.78. The third-order valence-corrected chi connectivity index (χ3v) is 2.83. The molecule has 0 saturated heterocycles. The Kier molecular flexibility index (Phi) is 5.11. The molecule has 1 unspecified atom stereocenters. The average molecular weight is 263 g/mol. The number of likely N-dealkylation sites (N-methyl/N-ethyl adjacent to an activating group) is 1. The molecule has 0 bridgehead atoms. The monoisotopic (exact) mass is 263 g/mol. The van der Waals surface area contributed by atoms with Crippen molar-refractivity contribution in [1.29, 1.82) is 0 Å². The molecule has 1 rings (SSSR count). The van der Waals surface area contributed by atoms with E-state index in [4.69, 9.17) is 9.84 Å². The van der Waals surface area contributed by atoms with Gasteiger partial charge < -0.3 is 14.7 Å². The van der Waals surface area contributed by atoms with E-state index in [1.165, 1.54) is 20.0 Å². The highest BCUT2D eigenvalue weighted by atomic mass is 16.5. The number of carbonyl (C=O) groups excluding carboxylic acids is 1. The predicted molar refractivity (Wildman–Crippen MR) is 71.9 cm³/mol. The first-order chi connectivity index (χ1) is 8.97. The fourth-order valence-corrected chi connectivity index (χ4v) is 1.44. The van der Waals surface area contributed by atoms with Gasteiger partial charge in [-0.15, -0.1) is 0 Å². The van der Waals surface area contributed by atoms with Crippen molar-refractivity contribution in [2.45, 2.75) is 13.0 Å². The maximum atomic E-state index is 11.8. The third kappa shape index (κ3) is 3.84. The summed E-state index contributed by atoms with van der Waals surface area (Å²) in [6.45, 7) is 1.46. The molecule has 1 aromatic carbocycles. The smallest absolute Gasteiger partial charge is 0.326 e. The Bertz CT molecular complexity index is 496. The molecule has 0 aliphatic rings. The molecule has 5 nitrogen and oxygen atoms in total. The molecular formula is C14H17NO4. The number of para-hydroxylation sites is 1. The number of aliphatic carboxylic acids is 1. The molecule has 0 aromatic heterocycles. The van der Waals surface area contributed by atoms with Gasteiger partial charge in [-0.3, -0.25) is 4.79 Å². The molecule has 1 aromatic rings. The molecule has 0 aliphatic carbocycles. The molecule has 1 amide bonds. The van der Waals surface area contributed by atoms with Crippen molar-refractivity contribution in [2.24, 2.45) is 0 Å². The maximum absolute atomic E-state index is 11.8. The Balaban J connectivity index is 2.81. The van der Waals surface area contributed by atoms with Crippen LogP contribution in [0.25, 0.3) is 6.08 Å². The van der Waals surface area contributed by atoms with Crippen LogP contribution >= 0.6 is 0 Å². The molecule has 102 valence electrons. The fourth-order valence-electron chi connectivity index (χ4n) is 1.44. The van der Waals surface area contributed by atoms with Crippen LogP contribution in [0.15, 0.2) is 30.3 Å². The van der Waals surface area contributed by atoms with Gasteiger partial charge in [-0.1, -0.05) is 18.2 Å². The topological polar surface area (TPSA) is 66.8 Å². The van der Waals surface area contributed by atoms with E-state index in [-0.39, 0.29) is 5.91 Å². The second kappa shape index (κ2) is 6.58. The lowest BCUT2D eigenvalue weighted by Gasteiger charge is -2.19. The molecule has 0 saturated carbocycles. The third-order valence-electron chi connectivity index (χ3n) is 2.83. The van der Waals surface area contributed by atoms with Gasteiger partial charge in [0.05, 0.1) is 7.11 Å². The maximum Gasteiger partial charge on any atom is 0.326 e. The lowest BCUT2D eigenvalue weighted by Crippen LogP contribution is -2.39. The standard InChI is InChI=1S/C14H17NO4/c1-10(14(17)18)15(2)13(16)9-8-11-6-4-5-7-12(11)19-3/h4-10H,1-3H3,(H,17,18). The average Bonchev–Trinajstić information content (AvgIpc) is 2.43. The lowest BCUT2D eigenvalue weighted by atomic mass is 10.2. The molecule has 0 spiro atoms. The number of hydrogen-bond acceptors (Lipinski definition) is 3. The summed E-state index contributed by atoms with van der Waals surface area (Å²) in [6, 6.07) is 6.39. The number of amides is 1. The number of carboxylic acid groups (broad SMARTS) is 1. The molecule has 19 heavy (non-hydrogen) atoms. The summed E-state index contributed by atoms with van der Waals surface area (Å²) in [4.78, 5) is 23.7. The molecule has 0 heterocycles. The van der Waals surface area contributed by atoms with Crippen molar-refractivity contribution in [2.75, 3.05) is 14.2 Å². The van der Waals surface area contributed by atoms with E-state index < -0.39 is 12.0 Å². The molecule has 1 N–H and O–H groups in total. The van der Waals surface area contributed by atoms with Crippen LogP contribution in [0.5, 0.6) is 5.75 Å². The molecular weight excluding hydrogens is 246 g/mol. The number of carboxylic acids is 1. The van der Waals surface area contributed by atoms with E-state index in [1.807, 2.05) is 18.2 Å². The number of rotatable bonds is 5.